The summed E-state index contributed by atoms with van der Waals surface area (Å²) in [5.74, 6) is -0.811. The monoisotopic (exact) mass is 328 g/mol. The summed E-state index contributed by atoms with van der Waals surface area (Å²) in [4.78, 5) is -0.319. The largest absolute Gasteiger partial charge is 0.312 e. The molecule has 1 N–H and O–H groups in total. The predicted octanol–water partition coefficient (Wildman–Crippen LogP) is 1.88. The first kappa shape index (κ1) is 16.7. The SMILES string of the molecule is CC1CN(S(=O)(=O)c2ccc(Cl)cc2F)CCN1.Cl. The Balaban J connectivity index is 0.00000180. The van der Waals surface area contributed by atoms with Crippen LogP contribution in [0.2, 0.25) is 5.02 Å². The van der Waals surface area contributed by atoms with Gasteiger partial charge in [0, 0.05) is 30.7 Å². The number of rotatable bonds is 2. The Morgan fingerprint density at radius 3 is 2.74 bits per heavy atom. The van der Waals surface area contributed by atoms with Crippen molar-refractivity contribution in [2.75, 3.05) is 19.6 Å². The van der Waals surface area contributed by atoms with Crippen LogP contribution in [0.4, 0.5) is 4.39 Å². The van der Waals surface area contributed by atoms with Crippen molar-refractivity contribution in [3.63, 3.8) is 0 Å². The topological polar surface area (TPSA) is 49.4 Å². The molecule has 0 radical (unpaired) electrons. The van der Waals surface area contributed by atoms with E-state index in [0.29, 0.717) is 19.6 Å². The molecular weight excluding hydrogens is 314 g/mol. The fourth-order valence-corrected chi connectivity index (χ4v) is 3.67. The van der Waals surface area contributed by atoms with Crippen molar-refractivity contribution in [1.82, 2.24) is 9.62 Å². The maximum absolute atomic E-state index is 13.7. The summed E-state index contributed by atoms with van der Waals surface area (Å²) in [5.41, 5.74) is 0. The van der Waals surface area contributed by atoms with Crippen molar-refractivity contribution >= 4 is 34.0 Å². The molecule has 1 saturated heterocycles. The lowest BCUT2D eigenvalue weighted by atomic mass is 10.3. The van der Waals surface area contributed by atoms with Crippen molar-refractivity contribution in [3.05, 3.63) is 29.0 Å². The standard InChI is InChI=1S/C11H14ClFN2O2S.ClH/c1-8-7-15(5-4-14-8)18(16,17)11-3-2-9(12)6-10(11)13;/h2-3,6,8,14H,4-5,7H2,1H3;1H. The molecular formula is C11H15Cl2FN2O2S. The van der Waals surface area contributed by atoms with E-state index in [1.807, 2.05) is 6.92 Å². The summed E-state index contributed by atoms with van der Waals surface area (Å²) in [6.07, 6.45) is 0. The number of piperazine rings is 1. The van der Waals surface area contributed by atoms with Gasteiger partial charge in [-0.25, -0.2) is 12.8 Å². The summed E-state index contributed by atoms with van der Waals surface area (Å²) in [6.45, 7) is 3.13. The Morgan fingerprint density at radius 1 is 1.47 bits per heavy atom. The number of hydrogen-bond acceptors (Lipinski definition) is 3. The first-order chi connectivity index (χ1) is 8.41. The summed E-state index contributed by atoms with van der Waals surface area (Å²) in [6, 6.07) is 3.66. The third-order valence-electron chi connectivity index (χ3n) is 2.84. The molecule has 1 aliphatic heterocycles. The van der Waals surface area contributed by atoms with Gasteiger partial charge in [-0.15, -0.1) is 12.4 Å². The molecule has 1 aliphatic rings. The zero-order valence-corrected chi connectivity index (χ0v) is 12.7. The second-order valence-electron chi connectivity index (χ2n) is 4.29. The minimum absolute atomic E-state index is 0. The van der Waals surface area contributed by atoms with Gasteiger partial charge in [0.2, 0.25) is 10.0 Å². The maximum atomic E-state index is 13.7. The molecule has 1 atom stereocenters. The van der Waals surface area contributed by atoms with Crippen molar-refractivity contribution in [1.29, 1.82) is 0 Å². The van der Waals surface area contributed by atoms with E-state index in [9.17, 15) is 12.8 Å². The van der Waals surface area contributed by atoms with E-state index in [-0.39, 0.29) is 28.4 Å². The molecule has 1 heterocycles. The second kappa shape index (κ2) is 6.37. The summed E-state index contributed by atoms with van der Waals surface area (Å²) < 4.78 is 39.5. The Kier molecular flexibility index (Phi) is 5.58. The predicted molar refractivity (Wildman–Crippen MR) is 74.9 cm³/mol. The highest BCUT2D eigenvalue weighted by Crippen LogP contribution is 2.23. The number of sulfonamides is 1. The lowest BCUT2D eigenvalue weighted by Gasteiger charge is -2.31. The first-order valence-electron chi connectivity index (χ1n) is 5.60. The number of nitrogens with zero attached hydrogens (tertiary/aromatic N) is 1. The van der Waals surface area contributed by atoms with Crippen LogP contribution in [0.3, 0.4) is 0 Å². The lowest BCUT2D eigenvalue weighted by molar-refractivity contribution is 0.309. The van der Waals surface area contributed by atoms with E-state index in [4.69, 9.17) is 11.6 Å². The molecule has 0 aromatic heterocycles. The van der Waals surface area contributed by atoms with E-state index in [0.717, 1.165) is 6.07 Å². The van der Waals surface area contributed by atoms with E-state index in [1.165, 1.54) is 16.4 Å². The molecule has 0 bridgehead atoms. The average Bonchev–Trinajstić information content (AvgIpc) is 2.28. The van der Waals surface area contributed by atoms with E-state index in [2.05, 4.69) is 5.32 Å². The molecule has 0 aliphatic carbocycles. The smallest absolute Gasteiger partial charge is 0.246 e. The summed E-state index contributed by atoms with van der Waals surface area (Å²) in [5, 5.41) is 3.32. The van der Waals surface area contributed by atoms with E-state index >= 15 is 0 Å². The zero-order valence-electron chi connectivity index (χ0n) is 10.3. The molecule has 4 nitrogen and oxygen atoms in total. The van der Waals surface area contributed by atoms with Crippen LogP contribution >= 0.6 is 24.0 Å². The molecule has 1 aromatic rings. The fraction of sp³-hybridized carbons (Fsp3) is 0.455. The quantitative estimate of drug-likeness (QED) is 0.901. The van der Waals surface area contributed by atoms with E-state index in [1.54, 1.807) is 0 Å². The van der Waals surface area contributed by atoms with Crippen LogP contribution < -0.4 is 5.32 Å². The van der Waals surface area contributed by atoms with Gasteiger partial charge in [-0.2, -0.15) is 4.31 Å². The number of nitrogens with one attached hydrogen (secondary N) is 1. The van der Waals surface area contributed by atoms with Crippen LogP contribution in [-0.2, 0) is 10.0 Å². The zero-order chi connectivity index (χ0) is 13.3. The maximum Gasteiger partial charge on any atom is 0.246 e. The minimum atomic E-state index is -3.78. The molecule has 19 heavy (non-hydrogen) atoms. The van der Waals surface area contributed by atoms with Gasteiger partial charge in [0.25, 0.3) is 0 Å². The number of benzene rings is 1. The van der Waals surface area contributed by atoms with Gasteiger partial charge in [0.05, 0.1) is 0 Å². The molecule has 1 unspecified atom stereocenters. The van der Waals surface area contributed by atoms with Gasteiger partial charge in [0.1, 0.15) is 10.7 Å². The highest BCUT2D eigenvalue weighted by atomic mass is 35.5. The van der Waals surface area contributed by atoms with Gasteiger partial charge in [-0.3, -0.25) is 0 Å². The van der Waals surface area contributed by atoms with Crippen LogP contribution in [0.5, 0.6) is 0 Å². The fourth-order valence-electron chi connectivity index (χ4n) is 1.94. The number of halogens is 3. The highest BCUT2D eigenvalue weighted by Gasteiger charge is 2.30. The Bertz CT molecular complexity index is 554. The van der Waals surface area contributed by atoms with Crippen LogP contribution in [-0.4, -0.2) is 38.4 Å². The highest BCUT2D eigenvalue weighted by molar-refractivity contribution is 7.89. The number of hydrogen-bond donors (Lipinski definition) is 1. The second-order valence-corrected chi connectivity index (χ2v) is 6.64. The van der Waals surface area contributed by atoms with Gasteiger partial charge in [-0.05, 0) is 25.1 Å². The lowest BCUT2D eigenvalue weighted by Crippen LogP contribution is -2.51. The molecule has 1 fully saturated rings. The third-order valence-corrected chi connectivity index (χ3v) is 4.98. The Morgan fingerprint density at radius 2 is 2.16 bits per heavy atom. The molecule has 1 aromatic carbocycles. The van der Waals surface area contributed by atoms with Crippen molar-refractivity contribution < 1.29 is 12.8 Å². The molecule has 0 saturated carbocycles. The van der Waals surface area contributed by atoms with Gasteiger partial charge in [0.15, 0.2) is 0 Å². The Hall–Kier alpha value is -0.400. The van der Waals surface area contributed by atoms with E-state index < -0.39 is 15.8 Å². The van der Waals surface area contributed by atoms with Gasteiger partial charge in [-0.1, -0.05) is 11.6 Å². The van der Waals surface area contributed by atoms with Crippen molar-refractivity contribution in [3.8, 4) is 0 Å². The molecule has 0 amide bonds. The van der Waals surface area contributed by atoms with Crippen LogP contribution in [0.15, 0.2) is 23.1 Å². The summed E-state index contributed by atoms with van der Waals surface area (Å²) in [7, 11) is -3.78. The minimum Gasteiger partial charge on any atom is -0.312 e. The van der Waals surface area contributed by atoms with Gasteiger partial charge < -0.3 is 5.32 Å². The first-order valence-corrected chi connectivity index (χ1v) is 7.41. The molecule has 108 valence electrons. The van der Waals surface area contributed by atoms with Crippen LogP contribution in [0.25, 0.3) is 0 Å². The molecule has 0 spiro atoms. The summed E-state index contributed by atoms with van der Waals surface area (Å²) >= 11 is 5.62. The Labute approximate surface area is 123 Å². The van der Waals surface area contributed by atoms with Crippen molar-refractivity contribution in [2.24, 2.45) is 0 Å². The molecule has 2 rings (SSSR count). The van der Waals surface area contributed by atoms with Crippen molar-refractivity contribution in [2.45, 2.75) is 17.9 Å². The van der Waals surface area contributed by atoms with Crippen LogP contribution in [0.1, 0.15) is 6.92 Å². The average molecular weight is 329 g/mol. The normalized spacial score (nSPS) is 20.9. The van der Waals surface area contributed by atoms with Gasteiger partial charge >= 0.3 is 0 Å². The third kappa shape index (κ3) is 3.58. The van der Waals surface area contributed by atoms with Crippen LogP contribution in [0, 0.1) is 5.82 Å². The molecule has 8 heteroatoms.